The van der Waals surface area contributed by atoms with E-state index in [1.165, 1.54) is 353 Å². The molecule has 0 spiro atoms. The molecule has 0 fully saturated rings. The Kier molecular flexibility index (Phi) is 67.4. The highest BCUT2D eigenvalue weighted by Crippen LogP contribution is 2.20. The smallest absolute Gasteiger partial charge is 0.305 e. The average molecular weight is 1100 g/mol. The molecule has 3 N–H and O–H groups in total. The number of hydrogen-bond donors (Lipinski definition) is 3. The first-order chi connectivity index (χ1) is 38.5. The third-order valence-corrected chi connectivity index (χ3v) is 17.4. The summed E-state index contributed by atoms with van der Waals surface area (Å²) in [4.78, 5) is 24.7. The molecule has 0 saturated carbocycles. The van der Waals surface area contributed by atoms with Gasteiger partial charge < -0.3 is 20.3 Å². The molecule has 78 heavy (non-hydrogen) atoms. The number of nitrogens with one attached hydrogen (secondary N) is 1. The van der Waals surface area contributed by atoms with Crippen molar-refractivity contribution in [3.05, 3.63) is 0 Å². The Morgan fingerprint density at radius 1 is 0.308 bits per heavy atom. The van der Waals surface area contributed by atoms with E-state index in [-0.39, 0.29) is 18.5 Å². The van der Waals surface area contributed by atoms with Crippen LogP contribution in [0.1, 0.15) is 425 Å². The fourth-order valence-electron chi connectivity index (χ4n) is 11.9. The number of amides is 1. The largest absolute Gasteiger partial charge is 0.466 e. The van der Waals surface area contributed by atoms with Gasteiger partial charge in [0.05, 0.1) is 25.4 Å². The van der Waals surface area contributed by atoms with Gasteiger partial charge in [-0.2, -0.15) is 0 Å². The first-order valence-corrected chi connectivity index (χ1v) is 36.3. The van der Waals surface area contributed by atoms with Gasteiger partial charge in [0.15, 0.2) is 0 Å². The fraction of sp³-hybridized carbons (Fsp3) is 0.972. The number of ether oxygens (including phenoxy) is 1. The summed E-state index contributed by atoms with van der Waals surface area (Å²) in [5.74, 6) is -0.0142. The van der Waals surface area contributed by atoms with Crippen LogP contribution in [0.4, 0.5) is 0 Å². The SMILES string of the molecule is CCCCCCCCCCCCCCCCCCCCCCCCCCC(O)C(CO)NC(=O)CCCCCCCCCCCCCCCCCCCCCCOC(=O)CCCCCCCCCCCCCCCCCCC. The Morgan fingerprint density at radius 2 is 0.526 bits per heavy atom. The zero-order valence-corrected chi connectivity index (χ0v) is 53.4. The van der Waals surface area contributed by atoms with Crippen molar-refractivity contribution in [2.75, 3.05) is 13.2 Å². The molecule has 0 aromatic carbocycles. The molecule has 1 amide bonds. The standard InChI is InChI=1S/C72H143NO5/c1-3-5-7-9-11-13-15-17-19-21-22-23-24-25-26-29-33-36-40-44-48-52-56-60-64-70(75)69(68-74)73-71(76)65-61-57-53-49-45-41-37-34-30-27-28-31-35-39-43-47-51-55-59-63-67-78-72(77)66-62-58-54-50-46-42-38-32-20-18-16-14-12-10-8-6-4-2/h69-70,74-75H,3-68H2,1-2H3,(H,73,76). The molecule has 2 atom stereocenters. The number of aliphatic hydroxyl groups is 2. The molecule has 466 valence electrons. The van der Waals surface area contributed by atoms with Crippen LogP contribution in [0.15, 0.2) is 0 Å². The summed E-state index contributed by atoms with van der Waals surface area (Å²) in [5, 5.41) is 23.5. The van der Waals surface area contributed by atoms with E-state index in [9.17, 15) is 19.8 Å². The molecular weight excluding hydrogens is 959 g/mol. The molecule has 0 aliphatic carbocycles. The lowest BCUT2D eigenvalue weighted by Gasteiger charge is -2.22. The van der Waals surface area contributed by atoms with Crippen LogP contribution in [0.5, 0.6) is 0 Å². The number of hydrogen-bond acceptors (Lipinski definition) is 5. The predicted octanol–water partition coefficient (Wildman–Crippen LogP) is 23.4. The molecule has 2 unspecified atom stereocenters. The number of rotatable bonds is 69. The molecule has 0 saturated heterocycles. The van der Waals surface area contributed by atoms with Crippen LogP contribution < -0.4 is 5.32 Å². The van der Waals surface area contributed by atoms with Crippen LogP contribution in [0.25, 0.3) is 0 Å². The Bertz CT molecular complexity index is 1130. The Balaban J connectivity index is 3.37. The fourth-order valence-corrected chi connectivity index (χ4v) is 11.9. The van der Waals surface area contributed by atoms with E-state index in [1.807, 2.05) is 0 Å². The number of unbranched alkanes of at least 4 members (excludes halogenated alkanes) is 58. The molecule has 0 rings (SSSR count). The summed E-state index contributed by atoms with van der Waals surface area (Å²) in [6, 6.07) is -0.543. The quantitative estimate of drug-likeness (QED) is 0.0417. The van der Waals surface area contributed by atoms with Crippen molar-refractivity contribution < 1.29 is 24.5 Å². The monoisotopic (exact) mass is 1100 g/mol. The summed E-state index contributed by atoms with van der Waals surface area (Å²) in [6.07, 6.45) is 82.9. The molecule has 0 bridgehead atoms. The van der Waals surface area contributed by atoms with Gasteiger partial charge in [-0.05, 0) is 25.7 Å². The molecule has 0 radical (unpaired) electrons. The minimum atomic E-state index is -0.666. The summed E-state index contributed by atoms with van der Waals surface area (Å²) in [5.41, 5.74) is 0. The van der Waals surface area contributed by atoms with Gasteiger partial charge in [-0.25, -0.2) is 0 Å². The summed E-state index contributed by atoms with van der Waals surface area (Å²) < 4.78 is 5.51. The highest BCUT2D eigenvalue weighted by Gasteiger charge is 2.20. The van der Waals surface area contributed by atoms with Gasteiger partial charge in [0.2, 0.25) is 5.91 Å². The molecular formula is C72H143NO5. The van der Waals surface area contributed by atoms with Crippen LogP contribution in [-0.2, 0) is 14.3 Å². The topological polar surface area (TPSA) is 95.9 Å². The molecule has 6 nitrogen and oxygen atoms in total. The lowest BCUT2D eigenvalue weighted by atomic mass is 10.0. The number of carbonyl (C=O) groups is 2. The lowest BCUT2D eigenvalue weighted by molar-refractivity contribution is -0.143. The van der Waals surface area contributed by atoms with E-state index in [0.29, 0.717) is 25.9 Å². The maximum absolute atomic E-state index is 12.6. The maximum atomic E-state index is 12.6. The molecule has 0 heterocycles. The second-order valence-corrected chi connectivity index (χ2v) is 25.3. The van der Waals surface area contributed by atoms with Crippen LogP contribution in [0.3, 0.4) is 0 Å². The Hall–Kier alpha value is -1.14. The van der Waals surface area contributed by atoms with Gasteiger partial charge in [0, 0.05) is 12.8 Å². The van der Waals surface area contributed by atoms with Crippen molar-refractivity contribution in [3.8, 4) is 0 Å². The summed E-state index contributed by atoms with van der Waals surface area (Å²) in [7, 11) is 0. The summed E-state index contributed by atoms with van der Waals surface area (Å²) >= 11 is 0. The molecule has 0 aromatic heterocycles. The van der Waals surface area contributed by atoms with E-state index < -0.39 is 12.1 Å². The molecule has 0 aromatic rings. The van der Waals surface area contributed by atoms with Gasteiger partial charge in [0.25, 0.3) is 0 Å². The van der Waals surface area contributed by atoms with Crippen LogP contribution in [0, 0.1) is 0 Å². The zero-order chi connectivity index (χ0) is 56.4. The number of aliphatic hydroxyl groups excluding tert-OH is 2. The minimum Gasteiger partial charge on any atom is -0.466 e. The highest BCUT2D eigenvalue weighted by atomic mass is 16.5. The third-order valence-electron chi connectivity index (χ3n) is 17.4. The van der Waals surface area contributed by atoms with Crippen LogP contribution in [0.2, 0.25) is 0 Å². The van der Waals surface area contributed by atoms with Crippen molar-refractivity contribution in [2.24, 2.45) is 0 Å². The van der Waals surface area contributed by atoms with E-state index in [0.717, 1.165) is 38.5 Å². The van der Waals surface area contributed by atoms with Crippen LogP contribution >= 0.6 is 0 Å². The van der Waals surface area contributed by atoms with Gasteiger partial charge in [0.1, 0.15) is 0 Å². The zero-order valence-electron chi connectivity index (χ0n) is 53.4. The lowest BCUT2D eigenvalue weighted by Crippen LogP contribution is -2.45. The molecule has 0 aliphatic rings. The van der Waals surface area contributed by atoms with Crippen molar-refractivity contribution >= 4 is 11.9 Å². The van der Waals surface area contributed by atoms with Gasteiger partial charge in [-0.1, -0.05) is 386 Å². The van der Waals surface area contributed by atoms with Gasteiger partial charge in [-0.15, -0.1) is 0 Å². The van der Waals surface area contributed by atoms with E-state index in [2.05, 4.69) is 19.2 Å². The summed E-state index contributed by atoms with van der Waals surface area (Å²) in [6.45, 7) is 5.01. The van der Waals surface area contributed by atoms with Gasteiger partial charge in [-0.3, -0.25) is 9.59 Å². The Labute approximate surface area is 489 Å². The van der Waals surface area contributed by atoms with E-state index in [4.69, 9.17) is 4.74 Å². The number of carbonyl (C=O) groups excluding carboxylic acids is 2. The molecule has 0 aliphatic heterocycles. The average Bonchev–Trinajstić information content (AvgIpc) is 3.44. The van der Waals surface area contributed by atoms with Crippen molar-refractivity contribution in [1.82, 2.24) is 5.32 Å². The van der Waals surface area contributed by atoms with Crippen molar-refractivity contribution in [3.63, 3.8) is 0 Å². The third kappa shape index (κ3) is 64.0. The first-order valence-electron chi connectivity index (χ1n) is 36.3. The van der Waals surface area contributed by atoms with E-state index in [1.54, 1.807) is 0 Å². The van der Waals surface area contributed by atoms with E-state index >= 15 is 0 Å². The Morgan fingerprint density at radius 3 is 0.782 bits per heavy atom. The first kappa shape index (κ1) is 76.9. The van der Waals surface area contributed by atoms with Crippen molar-refractivity contribution in [1.29, 1.82) is 0 Å². The molecule has 6 heteroatoms. The highest BCUT2D eigenvalue weighted by molar-refractivity contribution is 5.76. The normalized spacial score (nSPS) is 12.4. The minimum absolute atomic E-state index is 0.0164. The van der Waals surface area contributed by atoms with Crippen molar-refractivity contribution in [2.45, 2.75) is 437 Å². The second-order valence-electron chi connectivity index (χ2n) is 25.3. The van der Waals surface area contributed by atoms with Gasteiger partial charge >= 0.3 is 5.97 Å². The number of esters is 1. The second kappa shape index (κ2) is 68.4. The van der Waals surface area contributed by atoms with Crippen LogP contribution in [-0.4, -0.2) is 47.4 Å². The maximum Gasteiger partial charge on any atom is 0.305 e. The predicted molar refractivity (Wildman–Crippen MR) is 343 cm³/mol.